The van der Waals surface area contributed by atoms with Crippen LogP contribution < -0.4 is 10.6 Å². The number of hydrogen-bond acceptors (Lipinski definition) is 4. The van der Waals surface area contributed by atoms with Gasteiger partial charge in [-0.25, -0.2) is 18.0 Å². The van der Waals surface area contributed by atoms with Crippen LogP contribution in [0.15, 0.2) is 97.1 Å². The fourth-order valence-electron chi connectivity index (χ4n) is 4.38. The van der Waals surface area contributed by atoms with E-state index in [0.29, 0.717) is 16.8 Å². The zero-order valence-electron chi connectivity index (χ0n) is 20.8. The van der Waals surface area contributed by atoms with Crippen molar-refractivity contribution in [2.75, 3.05) is 10.6 Å². The van der Waals surface area contributed by atoms with E-state index in [2.05, 4.69) is 10.6 Å². The first-order valence-electron chi connectivity index (χ1n) is 12.2. The van der Waals surface area contributed by atoms with Crippen molar-refractivity contribution in [2.24, 2.45) is 0 Å². The number of nitrogens with zero attached hydrogens (tertiary/aromatic N) is 1. The molecule has 0 saturated carbocycles. The first-order chi connectivity index (χ1) is 19.3. The molecule has 40 heavy (non-hydrogen) atoms. The molecular formula is C30H22F3N3O4. The fraction of sp³-hybridized carbons (Fsp3) is 0.100. The average Bonchev–Trinajstić information content (AvgIpc) is 3.26. The predicted octanol–water partition coefficient (Wildman–Crippen LogP) is 6.06. The van der Waals surface area contributed by atoms with Crippen LogP contribution in [-0.4, -0.2) is 28.8 Å². The second-order valence-electron chi connectivity index (χ2n) is 9.06. The molecule has 0 aliphatic carbocycles. The van der Waals surface area contributed by atoms with E-state index in [4.69, 9.17) is 4.74 Å². The van der Waals surface area contributed by atoms with Crippen molar-refractivity contribution < 1.29 is 32.3 Å². The van der Waals surface area contributed by atoms with Crippen LogP contribution in [0, 0.1) is 17.5 Å². The van der Waals surface area contributed by atoms with Crippen molar-refractivity contribution in [1.29, 1.82) is 0 Å². The minimum Gasteiger partial charge on any atom is -0.438 e. The largest absolute Gasteiger partial charge is 0.438 e. The Morgan fingerprint density at radius 3 is 2.20 bits per heavy atom. The summed E-state index contributed by atoms with van der Waals surface area (Å²) in [4.78, 5) is 40.1. The summed E-state index contributed by atoms with van der Waals surface area (Å²) in [7, 11) is 0. The maximum atomic E-state index is 14.0. The number of cyclic esters (lactones) is 1. The molecular weight excluding hydrogens is 523 g/mol. The zero-order valence-corrected chi connectivity index (χ0v) is 20.8. The van der Waals surface area contributed by atoms with Gasteiger partial charge in [-0.3, -0.25) is 14.5 Å². The number of halogens is 3. The summed E-state index contributed by atoms with van der Waals surface area (Å²) in [6, 6.07) is 21.4. The summed E-state index contributed by atoms with van der Waals surface area (Å²) in [6.45, 7) is -0.0480. The number of amides is 3. The van der Waals surface area contributed by atoms with Gasteiger partial charge in [-0.15, -0.1) is 0 Å². The van der Waals surface area contributed by atoms with Gasteiger partial charge in [-0.05, 0) is 65.7 Å². The molecule has 1 heterocycles. The molecule has 3 amide bonds. The Hall–Kier alpha value is -5.12. The van der Waals surface area contributed by atoms with Gasteiger partial charge in [-0.1, -0.05) is 42.5 Å². The lowest BCUT2D eigenvalue weighted by molar-refractivity contribution is -0.121. The molecule has 0 spiro atoms. The van der Waals surface area contributed by atoms with Crippen LogP contribution in [0.5, 0.6) is 0 Å². The number of carbonyl (C=O) groups is 3. The Labute approximate surface area is 227 Å². The quantitative estimate of drug-likeness (QED) is 0.296. The molecule has 2 atom stereocenters. The van der Waals surface area contributed by atoms with Gasteiger partial charge in [-0.2, -0.15) is 0 Å². The Morgan fingerprint density at radius 2 is 1.50 bits per heavy atom. The molecule has 0 aromatic heterocycles. The van der Waals surface area contributed by atoms with Crippen molar-refractivity contribution in [3.63, 3.8) is 0 Å². The van der Waals surface area contributed by atoms with Crippen LogP contribution in [0.25, 0.3) is 0 Å². The summed E-state index contributed by atoms with van der Waals surface area (Å²) in [5.74, 6) is -2.93. The van der Waals surface area contributed by atoms with Crippen LogP contribution in [0.4, 0.5) is 29.3 Å². The van der Waals surface area contributed by atoms with Gasteiger partial charge in [0, 0.05) is 11.4 Å². The van der Waals surface area contributed by atoms with E-state index in [1.54, 1.807) is 18.2 Å². The average molecular weight is 546 g/mol. The number of nitrogens with one attached hydrogen (secondary N) is 2. The second kappa shape index (κ2) is 11.3. The van der Waals surface area contributed by atoms with E-state index in [1.807, 2.05) is 0 Å². The molecule has 202 valence electrons. The Morgan fingerprint density at radius 1 is 0.775 bits per heavy atom. The number of hydrogen-bond donors (Lipinski definition) is 2. The number of rotatable bonds is 7. The highest BCUT2D eigenvalue weighted by molar-refractivity contribution is 6.04. The third-order valence-electron chi connectivity index (χ3n) is 6.33. The van der Waals surface area contributed by atoms with E-state index >= 15 is 0 Å². The molecule has 1 fully saturated rings. The number of ether oxygens (including phenoxy) is 1. The van der Waals surface area contributed by atoms with E-state index in [-0.39, 0.29) is 17.8 Å². The Kier molecular flexibility index (Phi) is 7.50. The highest BCUT2D eigenvalue weighted by atomic mass is 19.1. The number of carbonyl (C=O) groups excluding carboxylic acids is 3. The first-order valence-corrected chi connectivity index (χ1v) is 12.2. The minimum atomic E-state index is -1.17. The van der Waals surface area contributed by atoms with E-state index in [1.165, 1.54) is 77.7 Å². The molecule has 4 aromatic rings. The third kappa shape index (κ3) is 5.80. The van der Waals surface area contributed by atoms with Crippen molar-refractivity contribution in [3.05, 3.63) is 131 Å². The third-order valence-corrected chi connectivity index (χ3v) is 6.33. The molecule has 10 heteroatoms. The molecule has 1 aliphatic rings. The fourth-order valence-corrected chi connectivity index (χ4v) is 4.38. The van der Waals surface area contributed by atoms with Gasteiger partial charge in [0.1, 0.15) is 17.5 Å². The topological polar surface area (TPSA) is 87.7 Å². The number of anilines is 2. The molecule has 2 unspecified atom stereocenters. The molecule has 7 nitrogen and oxygen atoms in total. The molecule has 1 saturated heterocycles. The van der Waals surface area contributed by atoms with Crippen LogP contribution in [0.1, 0.15) is 27.6 Å². The summed E-state index contributed by atoms with van der Waals surface area (Å²) in [5, 5.41) is 5.23. The van der Waals surface area contributed by atoms with Gasteiger partial charge >= 0.3 is 6.09 Å². The van der Waals surface area contributed by atoms with Gasteiger partial charge in [0.15, 0.2) is 12.1 Å². The van der Waals surface area contributed by atoms with Crippen LogP contribution in [-0.2, 0) is 16.1 Å². The molecule has 2 N–H and O–H groups in total. The van der Waals surface area contributed by atoms with Crippen molar-refractivity contribution in [2.45, 2.75) is 18.7 Å². The van der Waals surface area contributed by atoms with Crippen LogP contribution in [0.3, 0.4) is 0 Å². The van der Waals surface area contributed by atoms with E-state index in [9.17, 15) is 27.6 Å². The normalized spacial score (nSPS) is 16.4. The summed E-state index contributed by atoms with van der Waals surface area (Å²) >= 11 is 0. The van der Waals surface area contributed by atoms with Crippen LogP contribution >= 0.6 is 0 Å². The maximum Gasteiger partial charge on any atom is 0.411 e. The Bertz CT molecular complexity index is 1560. The lowest BCUT2D eigenvalue weighted by atomic mass is 10.00. The highest BCUT2D eigenvalue weighted by Gasteiger charge is 2.47. The minimum absolute atomic E-state index is 0.0480. The first kappa shape index (κ1) is 26.5. The summed E-state index contributed by atoms with van der Waals surface area (Å²) in [5.41, 5.74) is 1.43. The van der Waals surface area contributed by atoms with Crippen molar-refractivity contribution in [1.82, 2.24) is 4.90 Å². The summed E-state index contributed by atoms with van der Waals surface area (Å²) in [6.07, 6.45) is -1.83. The van der Waals surface area contributed by atoms with Crippen LogP contribution in [0.2, 0.25) is 0 Å². The Balaban J connectivity index is 1.40. The monoisotopic (exact) mass is 545 g/mol. The molecule has 4 aromatic carbocycles. The smallest absolute Gasteiger partial charge is 0.411 e. The molecule has 1 aliphatic heterocycles. The SMILES string of the molecule is O=C(Nc1ccc(C2OC(=O)N(Cc3ccc(F)cc3)C2C(=O)Nc2cccc(F)c2)cc1)c1ccccc1F. The number of benzene rings is 4. The van der Waals surface area contributed by atoms with E-state index in [0.717, 1.165) is 6.07 Å². The van der Waals surface area contributed by atoms with Gasteiger partial charge in [0.2, 0.25) is 0 Å². The highest BCUT2D eigenvalue weighted by Crippen LogP contribution is 2.35. The predicted molar refractivity (Wildman–Crippen MR) is 141 cm³/mol. The van der Waals surface area contributed by atoms with Gasteiger partial charge in [0.05, 0.1) is 12.1 Å². The summed E-state index contributed by atoms with van der Waals surface area (Å²) < 4.78 is 46.7. The lowest BCUT2D eigenvalue weighted by Crippen LogP contribution is -2.43. The zero-order chi connectivity index (χ0) is 28.2. The molecule has 5 rings (SSSR count). The maximum absolute atomic E-state index is 14.0. The standard InChI is InChI=1S/C30H22F3N3O4/c31-20-12-8-18(9-13-20)17-36-26(29(38)35-23-5-3-4-21(32)16-23)27(40-30(36)39)19-10-14-22(15-11-19)34-28(37)24-6-1-2-7-25(24)33/h1-16,26-27H,17H2,(H,34,37)(H,35,38). The van der Waals surface area contributed by atoms with E-state index < -0.39 is 47.5 Å². The lowest BCUT2D eigenvalue weighted by Gasteiger charge is -2.24. The molecule has 0 radical (unpaired) electrons. The molecule has 0 bridgehead atoms. The second-order valence-corrected chi connectivity index (χ2v) is 9.06. The van der Waals surface area contributed by atoms with Gasteiger partial charge < -0.3 is 15.4 Å². The van der Waals surface area contributed by atoms with Crippen molar-refractivity contribution in [3.8, 4) is 0 Å². The van der Waals surface area contributed by atoms with Gasteiger partial charge in [0.25, 0.3) is 11.8 Å². The van der Waals surface area contributed by atoms with Crippen molar-refractivity contribution >= 4 is 29.3 Å².